The van der Waals surface area contributed by atoms with Crippen LogP contribution in [0.25, 0.3) is 0 Å². The molecule has 1 aromatic carbocycles. The lowest BCUT2D eigenvalue weighted by molar-refractivity contribution is 0.324. The second-order valence-corrected chi connectivity index (χ2v) is 6.04. The normalized spacial score (nSPS) is 11.7. The number of hydrogen-bond acceptors (Lipinski definition) is 3. The zero-order valence-corrected chi connectivity index (χ0v) is 13.1. The molecule has 0 bridgehead atoms. The molecule has 1 heterocycles. The number of aromatic nitrogens is 1. The molecule has 3 nitrogen and oxygen atoms in total. The number of oxazole rings is 1. The third-order valence-electron chi connectivity index (χ3n) is 3.13. The number of rotatable bonds is 4. The van der Waals surface area contributed by atoms with Gasteiger partial charge in [-0.25, -0.2) is 0 Å². The van der Waals surface area contributed by atoms with Crippen LogP contribution in [0.5, 0.6) is 11.8 Å². The highest BCUT2D eigenvalue weighted by Gasteiger charge is 2.21. The third kappa shape index (κ3) is 3.34. The van der Waals surface area contributed by atoms with Crippen LogP contribution >= 0.6 is 11.6 Å². The first-order valence-electron chi connectivity index (χ1n) is 6.75. The van der Waals surface area contributed by atoms with E-state index in [-0.39, 0.29) is 11.5 Å². The minimum atomic E-state index is -0.0115. The topological polar surface area (TPSA) is 35.3 Å². The van der Waals surface area contributed by atoms with Gasteiger partial charge in [-0.15, -0.1) is 11.6 Å². The summed E-state index contributed by atoms with van der Waals surface area (Å²) in [6.07, 6.45) is 2.74. The molecule has 0 saturated carbocycles. The predicted molar refractivity (Wildman–Crippen MR) is 80.7 cm³/mol. The maximum absolute atomic E-state index is 5.78. The molecule has 0 aliphatic carbocycles. The van der Waals surface area contributed by atoms with Crippen molar-refractivity contribution in [3.8, 4) is 11.8 Å². The quantitative estimate of drug-likeness (QED) is 0.739. The minimum Gasteiger partial charge on any atom is -0.417 e. The molecule has 2 aromatic rings. The van der Waals surface area contributed by atoms with Crippen LogP contribution in [0.3, 0.4) is 0 Å². The summed E-state index contributed by atoms with van der Waals surface area (Å²) in [7, 11) is 0. The summed E-state index contributed by atoms with van der Waals surface area (Å²) in [6.45, 7) is 8.63. The third-order valence-corrected chi connectivity index (χ3v) is 3.40. The zero-order valence-electron chi connectivity index (χ0n) is 12.4. The monoisotopic (exact) mass is 293 g/mol. The number of ether oxygens (including phenoxy) is 1. The van der Waals surface area contributed by atoms with Crippen LogP contribution in [0.1, 0.15) is 44.5 Å². The van der Waals surface area contributed by atoms with E-state index in [0.717, 1.165) is 17.7 Å². The van der Waals surface area contributed by atoms with Crippen molar-refractivity contribution in [3.63, 3.8) is 0 Å². The highest BCUT2D eigenvalue weighted by molar-refractivity contribution is 6.16. The summed E-state index contributed by atoms with van der Waals surface area (Å²) in [4.78, 5) is 4.17. The first kappa shape index (κ1) is 14.9. The van der Waals surface area contributed by atoms with Gasteiger partial charge < -0.3 is 9.15 Å². The standard InChI is InChI=1S/C16H20ClNO2/c1-5-11-6-7-14(13(8-11)16(2,3)4)20-15-18-12(9-17)10-19-15/h6-8,10H,5,9H2,1-4H3. The lowest BCUT2D eigenvalue weighted by Gasteiger charge is -2.22. The van der Waals surface area contributed by atoms with Gasteiger partial charge in [-0.3, -0.25) is 0 Å². The number of aryl methyl sites for hydroxylation is 1. The molecule has 0 amide bonds. The smallest absolute Gasteiger partial charge is 0.399 e. The summed E-state index contributed by atoms with van der Waals surface area (Å²) >= 11 is 5.71. The van der Waals surface area contributed by atoms with Crippen molar-refractivity contribution in [2.45, 2.75) is 45.4 Å². The number of alkyl halides is 1. The zero-order chi connectivity index (χ0) is 14.8. The van der Waals surface area contributed by atoms with Gasteiger partial charge in [0.05, 0.1) is 11.6 Å². The lowest BCUT2D eigenvalue weighted by atomic mass is 9.85. The molecule has 0 N–H and O–H groups in total. The Balaban J connectivity index is 2.35. The Kier molecular flexibility index (Phi) is 4.39. The SMILES string of the molecule is CCc1ccc(Oc2nc(CCl)co2)c(C(C)(C)C)c1. The van der Waals surface area contributed by atoms with Crippen LogP contribution < -0.4 is 4.74 Å². The first-order valence-corrected chi connectivity index (χ1v) is 7.29. The van der Waals surface area contributed by atoms with Gasteiger partial charge in [0.2, 0.25) is 0 Å². The highest BCUT2D eigenvalue weighted by Crippen LogP contribution is 2.34. The summed E-state index contributed by atoms with van der Waals surface area (Å²) < 4.78 is 11.0. The predicted octanol–water partition coefficient (Wildman–Crippen LogP) is 5.07. The number of halogens is 1. The second kappa shape index (κ2) is 5.88. The van der Waals surface area contributed by atoms with Crippen molar-refractivity contribution in [3.05, 3.63) is 41.3 Å². The van der Waals surface area contributed by atoms with Crippen LogP contribution in [0.2, 0.25) is 0 Å². The van der Waals surface area contributed by atoms with Gasteiger partial charge in [0, 0.05) is 5.56 Å². The maximum atomic E-state index is 5.78. The van der Waals surface area contributed by atoms with E-state index in [4.69, 9.17) is 20.8 Å². The summed E-state index contributed by atoms with van der Waals surface area (Å²) in [5, 5.41) is 0. The average Bonchev–Trinajstić information content (AvgIpc) is 2.85. The number of hydrogen-bond donors (Lipinski definition) is 0. The van der Waals surface area contributed by atoms with E-state index in [1.807, 2.05) is 6.07 Å². The second-order valence-electron chi connectivity index (χ2n) is 5.77. The fourth-order valence-corrected chi connectivity index (χ4v) is 2.09. The summed E-state index contributed by atoms with van der Waals surface area (Å²) in [6, 6.07) is 6.22. The first-order chi connectivity index (χ1) is 9.44. The molecule has 0 aliphatic rings. The molecule has 0 unspecified atom stereocenters. The van der Waals surface area contributed by atoms with Crippen molar-refractivity contribution >= 4 is 11.6 Å². The Hall–Kier alpha value is -1.48. The van der Waals surface area contributed by atoms with E-state index in [9.17, 15) is 0 Å². The van der Waals surface area contributed by atoms with Crippen LogP contribution in [0.4, 0.5) is 0 Å². The molecule has 4 heteroatoms. The van der Waals surface area contributed by atoms with E-state index < -0.39 is 0 Å². The number of nitrogens with zero attached hydrogens (tertiary/aromatic N) is 1. The molecule has 0 saturated heterocycles. The van der Waals surface area contributed by atoms with Gasteiger partial charge >= 0.3 is 6.08 Å². The Morgan fingerprint density at radius 2 is 2.05 bits per heavy atom. The molecule has 0 spiro atoms. The Morgan fingerprint density at radius 1 is 1.30 bits per heavy atom. The Labute approximate surface area is 124 Å². The average molecular weight is 294 g/mol. The van der Waals surface area contributed by atoms with Gasteiger partial charge in [0.25, 0.3) is 0 Å². The van der Waals surface area contributed by atoms with Crippen molar-refractivity contribution in [2.75, 3.05) is 0 Å². The largest absolute Gasteiger partial charge is 0.417 e. The van der Waals surface area contributed by atoms with Gasteiger partial charge in [0.1, 0.15) is 12.0 Å². The molecule has 108 valence electrons. The van der Waals surface area contributed by atoms with E-state index in [1.165, 1.54) is 11.8 Å². The highest BCUT2D eigenvalue weighted by atomic mass is 35.5. The Morgan fingerprint density at radius 3 is 2.60 bits per heavy atom. The fraction of sp³-hybridized carbons (Fsp3) is 0.438. The molecule has 20 heavy (non-hydrogen) atoms. The van der Waals surface area contributed by atoms with E-state index >= 15 is 0 Å². The van der Waals surface area contributed by atoms with Crippen molar-refractivity contribution < 1.29 is 9.15 Å². The minimum absolute atomic E-state index is 0.0115. The van der Waals surface area contributed by atoms with Crippen molar-refractivity contribution in [2.24, 2.45) is 0 Å². The summed E-state index contributed by atoms with van der Waals surface area (Å²) in [5.41, 5.74) is 3.09. The Bertz CT molecular complexity index is 584. The molecular weight excluding hydrogens is 274 g/mol. The van der Waals surface area contributed by atoms with Gasteiger partial charge in [0.15, 0.2) is 0 Å². The van der Waals surface area contributed by atoms with E-state index in [1.54, 1.807) is 0 Å². The number of benzene rings is 1. The van der Waals surface area contributed by atoms with Crippen LogP contribution in [0, 0.1) is 0 Å². The molecule has 0 radical (unpaired) electrons. The van der Waals surface area contributed by atoms with Crippen molar-refractivity contribution in [1.82, 2.24) is 4.98 Å². The van der Waals surface area contributed by atoms with E-state index in [0.29, 0.717) is 11.6 Å². The van der Waals surface area contributed by atoms with Gasteiger partial charge in [-0.05, 0) is 23.5 Å². The van der Waals surface area contributed by atoms with E-state index in [2.05, 4.69) is 44.8 Å². The molecule has 2 rings (SSSR count). The lowest BCUT2D eigenvalue weighted by Crippen LogP contribution is -2.13. The summed E-state index contributed by atoms with van der Waals surface area (Å²) in [5.74, 6) is 1.09. The van der Waals surface area contributed by atoms with Crippen LogP contribution in [-0.2, 0) is 17.7 Å². The molecule has 0 aliphatic heterocycles. The molecule has 0 atom stereocenters. The van der Waals surface area contributed by atoms with Crippen molar-refractivity contribution in [1.29, 1.82) is 0 Å². The van der Waals surface area contributed by atoms with Gasteiger partial charge in [-0.1, -0.05) is 39.8 Å². The van der Waals surface area contributed by atoms with Crippen LogP contribution in [-0.4, -0.2) is 4.98 Å². The molecule has 0 fully saturated rings. The molecule has 1 aromatic heterocycles. The fourth-order valence-electron chi connectivity index (χ4n) is 1.96. The maximum Gasteiger partial charge on any atom is 0.399 e. The van der Waals surface area contributed by atoms with Gasteiger partial charge in [-0.2, -0.15) is 4.98 Å². The van der Waals surface area contributed by atoms with Crippen LogP contribution in [0.15, 0.2) is 28.9 Å². The molecular formula is C16H20ClNO2.